The Hall–Kier alpha value is -1.35. The van der Waals surface area contributed by atoms with Crippen LogP contribution in [-0.4, -0.2) is 48.1 Å². The van der Waals surface area contributed by atoms with E-state index in [1.165, 1.54) is 18.3 Å². The maximum atomic E-state index is 11.9. The Balaban J connectivity index is 0.00000162. The predicted octanol–water partition coefficient (Wildman–Crippen LogP) is -4.08. The number of carboxylic acids is 1. The quantitative estimate of drug-likeness (QED) is 0.492. The molecule has 7 heteroatoms. The topological polar surface area (TPSA) is 82.6 Å². The molecule has 1 aliphatic heterocycles. The van der Waals surface area contributed by atoms with Crippen molar-refractivity contribution in [2.24, 2.45) is 0 Å². The molecular formula is C11H11LiN2O4. The van der Waals surface area contributed by atoms with E-state index in [-0.39, 0.29) is 30.5 Å². The van der Waals surface area contributed by atoms with E-state index in [2.05, 4.69) is 4.98 Å². The maximum Gasteiger partial charge on any atom is 1.00 e. The molecule has 1 saturated heterocycles. The number of carboxylic acid groups (broad SMARTS) is 1. The molecule has 0 aromatic carbocycles. The molecule has 90 valence electrons. The molecule has 2 rings (SSSR count). The molecule has 0 atom stereocenters. The Labute approximate surface area is 116 Å². The number of nitrogens with zero attached hydrogens (tertiary/aromatic N) is 2. The minimum absolute atomic E-state index is 0. The Morgan fingerprint density at radius 2 is 1.94 bits per heavy atom. The van der Waals surface area contributed by atoms with E-state index < -0.39 is 5.97 Å². The molecule has 0 radical (unpaired) electrons. The first-order chi connectivity index (χ1) is 8.18. The Bertz CT molecular complexity index is 429. The molecule has 1 aromatic heterocycles. The number of hydrogen-bond acceptors (Lipinski definition) is 5. The van der Waals surface area contributed by atoms with Crippen LogP contribution in [0.5, 0.6) is 0 Å². The SMILES string of the molecule is O=C([O-])c1ccc(C(=O)N2CCOCC2)cn1.[Li+]. The fraction of sp³-hybridized carbons (Fsp3) is 0.364. The van der Waals surface area contributed by atoms with Crippen LogP contribution < -0.4 is 24.0 Å². The maximum absolute atomic E-state index is 11.9. The van der Waals surface area contributed by atoms with Crippen molar-refractivity contribution >= 4 is 11.9 Å². The van der Waals surface area contributed by atoms with Crippen molar-refractivity contribution in [1.29, 1.82) is 0 Å². The Kier molecular flexibility index (Phi) is 5.35. The molecule has 0 N–H and O–H groups in total. The van der Waals surface area contributed by atoms with E-state index in [0.717, 1.165) is 0 Å². The predicted molar refractivity (Wildman–Crippen MR) is 55.3 cm³/mol. The summed E-state index contributed by atoms with van der Waals surface area (Å²) in [5, 5.41) is 10.5. The van der Waals surface area contributed by atoms with E-state index in [1.807, 2.05) is 0 Å². The number of amides is 1. The third-order valence-electron chi connectivity index (χ3n) is 2.52. The van der Waals surface area contributed by atoms with Crippen molar-refractivity contribution in [2.75, 3.05) is 26.3 Å². The van der Waals surface area contributed by atoms with Crippen molar-refractivity contribution < 1.29 is 38.3 Å². The molecule has 1 amide bonds. The van der Waals surface area contributed by atoms with E-state index in [1.54, 1.807) is 4.90 Å². The summed E-state index contributed by atoms with van der Waals surface area (Å²) in [5.41, 5.74) is 0.195. The average Bonchev–Trinajstić information content (AvgIpc) is 2.39. The summed E-state index contributed by atoms with van der Waals surface area (Å²) in [6, 6.07) is 2.71. The number of carbonyl (C=O) groups is 2. The first-order valence-corrected chi connectivity index (χ1v) is 5.23. The molecule has 0 unspecified atom stereocenters. The van der Waals surface area contributed by atoms with Gasteiger partial charge in [-0.15, -0.1) is 0 Å². The number of pyridine rings is 1. The van der Waals surface area contributed by atoms with Gasteiger partial charge in [-0.3, -0.25) is 9.78 Å². The van der Waals surface area contributed by atoms with E-state index in [4.69, 9.17) is 4.74 Å². The van der Waals surface area contributed by atoms with Crippen molar-refractivity contribution in [1.82, 2.24) is 9.88 Å². The second kappa shape index (κ2) is 6.55. The van der Waals surface area contributed by atoms with Gasteiger partial charge in [0.1, 0.15) is 0 Å². The van der Waals surface area contributed by atoms with Crippen LogP contribution in [0.4, 0.5) is 0 Å². The van der Waals surface area contributed by atoms with Crippen LogP contribution in [0.15, 0.2) is 18.3 Å². The van der Waals surface area contributed by atoms with Gasteiger partial charge in [0.15, 0.2) is 0 Å². The fourth-order valence-electron chi connectivity index (χ4n) is 1.59. The number of carbonyl (C=O) groups excluding carboxylic acids is 2. The molecule has 0 spiro atoms. The van der Waals surface area contributed by atoms with Crippen LogP contribution in [0, 0.1) is 0 Å². The summed E-state index contributed by atoms with van der Waals surface area (Å²) in [7, 11) is 0. The molecule has 1 fully saturated rings. The van der Waals surface area contributed by atoms with E-state index in [0.29, 0.717) is 31.9 Å². The van der Waals surface area contributed by atoms with Crippen LogP contribution in [0.1, 0.15) is 20.8 Å². The number of hydrogen-bond donors (Lipinski definition) is 0. The summed E-state index contributed by atoms with van der Waals surface area (Å²) >= 11 is 0. The van der Waals surface area contributed by atoms with Crippen LogP contribution in [-0.2, 0) is 4.74 Å². The van der Waals surface area contributed by atoms with Gasteiger partial charge >= 0.3 is 18.9 Å². The minimum Gasteiger partial charge on any atom is -0.543 e. The molecule has 0 bridgehead atoms. The van der Waals surface area contributed by atoms with Gasteiger partial charge in [-0.05, 0) is 12.1 Å². The second-order valence-electron chi connectivity index (χ2n) is 3.62. The Morgan fingerprint density at radius 1 is 1.28 bits per heavy atom. The van der Waals surface area contributed by atoms with Crippen molar-refractivity contribution in [3.63, 3.8) is 0 Å². The standard InChI is InChI=1S/C11H12N2O4.Li/c14-10(13-3-5-17-6-4-13)8-1-2-9(11(15)16)12-7-8;/h1-2,7H,3-6H2,(H,15,16);/q;+1/p-1. The molecule has 6 nitrogen and oxygen atoms in total. The van der Waals surface area contributed by atoms with E-state index in [9.17, 15) is 14.7 Å². The van der Waals surface area contributed by atoms with Gasteiger partial charge in [0, 0.05) is 19.3 Å². The number of ether oxygens (including phenoxy) is 1. The zero-order valence-corrected chi connectivity index (χ0v) is 10.1. The van der Waals surface area contributed by atoms with Crippen molar-refractivity contribution in [3.05, 3.63) is 29.6 Å². The molecule has 0 saturated carbocycles. The van der Waals surface area contributed by atoms with Gasteiger partial charge in [-0.1, -0.05) is 0 Å². The Morgan fingerprint density at radius 3 is 2.44 bits per heavy atom. The third kappa shape index (κ3) is 3.32. The fourth-order valence-corrected chi connectivity index (χ4v) is 1.59. The van der Waals surface area contributed by atoms with Crippen molar-refractivity contribution in [2.45, 2.75) is 0 Å². The number of morpholine rings is 1. The minimum atomic E-state index is -1.35. The molecule has 2 heterocycles. The molecular weight excluding hydrogens is 231 g/mol. The number of rotatable bonds is 2. The van der Waals surface area contributed by atoms with Crippen LogP contribution in [0.25, 0.3) is 0 Å². The summed E-state index contributed by atoms with van der Waals surface area (Å²) in [4.78, 5) is 27.8. The largest absolute Gasteiger partial charge is 1.00 e. The van der Waals surface area contributed by atoms with Crippen LogP contribution >= 0.6 is 0 Å². The zero-order valence-electron chi connectivity index (χ0n) is 10.1. The normalized spacial score (nSPS) is 14.8. The second-order valence-corrected chi connectivity index (χ2v) is 3.62. The van der Waals surface area contributed by atoms with Gasteiger partial charge in [-0.25, -0.2) is 0 Å². The monoisotopic (exact) mass is 242 g/mol. The molecule has 1 aliphatic rings. The molecule has 1 aromatic rings. The van der Waals surface area contributed by atoms with Gasteiger partial charge in [0.2, 0.25) is 0 Å². The van der Waals surface area contributed by atoms with Gasteiger partial charge < -0.3 is 19.5 Å². The molecule has 18 heavy (non-hydrogen) atoms. The third-order valence-corrected chi connectivity index (χ3v) is 2.52. The average molecular weight is 242 g/mol. The first kappa shape index (κ1) is 14.7. The van der Waals surface area contributed by atoms with E-state index >= 15 is 0 Å². The van der Waals surface area contributed by atoms with Gasteiger partial charge in [0.05, 0.1) is 30.4 Å². The first-order valence-electron chi connectivity index (χ1n) is 5.23. The number of aromatic carboxylic acids is 1. The molecule has 0 aliphatic carbocycles. The van der Waals surface area contributed by atoms with Crippen molar-refractivity contribution in [3.8, 4) is 0 Å². The smallest absolute Gasteiger partial charge is 0.543 e. The summed E-state index contributed by atoms with van der Waals surface area (Å²) < 4.78 is 5.14. The van der Waals surface area contributed by atoms with Crippen LogP contribution in [0.2, 0.25) is 0 Å². The van der Waals surface area contributed by atoms with Gasteiger partial charge in [-0.2, -0.15) is 0 Å². The summed E-state index contributed by atoms with van der Waals surface area (Å²) in [6.07, 6.45) is 1.25. The number of aromatic nitrogens is 1. The van der Waals surface area contributed by atoms with Crippen LogP contribution in [0.3, 0.4) is 0 Å². The summed E-state index contributed by atoms with van der Waals surface area (Å²) in [6.45, 7) is 2.13. The van der Waals surface area contributed by atoms with Gasteiger partial charge in [0.25, 0.3) is 5.91 Å². The zero-order chi connectivity index (χ0) is 12.3. The summed E-state index contributed by atoms with van der Waals surface area (Å²) in [5.74, 6) is -1.51.